The van der Waals surface area contributed by atoms with Gasteiger partial charge in [-0.2, -0.15) is 0 Å². The third-order valence-electron chi connectivity index (χ3n) is 3.92. The lowest BCUT2D eigenvalue weighted by atomic mass is 10.3. The van der Waals surface area contributed by atoms with E-state index in [1.807, 2.05) is 5.32 Å². The molecule has 0 fully saturated rings. The molecule has 0 aromatic carbocycles. The predicted octanol–water partition coefficient (Wildman–Crippen LogP) is -6.01. The number of nitrogens with zero attached hydrogens (tertiary/aromatic N) is 2. The molecular weight excluding hydrogens is 456 g/mol. The minimum Gasteiger partial charge on any atom is -0.358 e. The average Bonchev–Trinajstić information content (AvgIpc) is 2.81. The summed E-state index contributed by atoms with van der Waals surface area (Å²) in [4.78, 5) is 95.3. The van der Waals surface area contributed by atoms with Gasteiger partial charge in [-0.1, -0.05) is 0 Å². The van der Waals surface area contributed by atoms with E-state index in [1.54, 1.807) is 0 Å². The Morgan fingerprint density at radius 3 is 1.85 bits per heavy atom. The van der Waals surface area contributed by atoms with Crippen molar-refractivity contribution in [1.82, 2.24) is 36.4 Å². The second-order valence-electron chi connectivity index (χ2n) is 6.69. The van der Waals surface area contributed by atoms with E-state index in [4.69, 9.17) is 7.10 Å². The standard InChI is InChI=1S/C18H30N8O8/c1-12(28)4-22-16(32)9-26(10-24-13(29)3-19)18(34)6-23-15(31)8-25(7-14(30)20-2)17(33)5-21-11-27/h11H,3-10,19H2,1-2H3,(H,20,30)(H,21,27)(H,22,32)(H,23,31)(H,24,29)/i11D. The molecule has 0 aromatic heterocycles. The first-order valence-corrected chi connectivity index (χ1v) is 9.89. The highest BCUT2D eigenvalue weighted by atomic mass is 16.2. The number of hydrogen-bond acceptors (Lipinski definition) is 9. The Balaban J connectivity index is 5.10. The van der Waals surface area contributed by atoms with Gasteiger partial charge in [-0.05, 0) is 6.92 Å². The van der Waals surface area contributed by atoms with E-state index in [0.29, 0.717) is 0 Å². The van der Waals surface area contributed by atoms with E-state index in [2.05, 4.69) is 21.3 Å². The van der Waals surface area contributed by atoms with E-state index in [-0.39, 0.29) is 18.9 Å². The number of carbonyl (C=O) groups excluding carboxylic acids is 8. The lowest BCUT2D eigenvalue weighted by Crippen LogP contribution is -2.52. The maximum atomic E-state index is 12.5. The zero-order valence-electron chi connectivity index (χ0n) is 19.9. The molecule has 0 bridgehead atoms. The highest BCUT2D eigenvalue weighted by Gasteiger charge is 2.22. The molecule has 16 heteroatoms. The van der Waals surface area contributed by atoms with Gasteiger partial charge in [-0.15, -0.1) is 0 Å². The van der Waals surface area contributed by atoms with Crippen molar-refractivity contribution in [3.63, 3.8) is 0 Å². The maximum Gasteiger partial charge on any atom is 0.243 e. The van der Waals surface area contributed by atoms with Crippen LogP contribution >= 0.6 is 0 Å². The van der Waals surface area contributed by atoms with Crippen molar-refractivity contribution in [3.05, 3.63) is 0 Å². The summed E-state index contributed by atoms with van der Waals surface area (Å²) in [6, 6.07) is 0. The Hall–Kier alpha value is -4.08. The lowest BCUT2D eigenvalue weighted by Gasteiger charge is -2.24. The van der Waals surface area contributed by atoms with Crippen molar-refractivity contribution < 1.29 is 39.7 Å². The molecule has 0 aliphatic heterocycles. The van der Waals surface area contributed by atoms with Crippen LogP contribution in [0.4, 0.5) is 0 Å². The monoisotopic (exact) mass is 487 g/mol. The number of hydrogen-bond donors (Lipinski definition) is 6. The molecule has 0 spiro atoms. The van der Waals surface area contributed by atoms with Crippen molar-refractivity contribution in [2.45, 2.75) is 6.92 Å². The van der Waals surface area contributed by atoms with Crippen LogP contribution in [0.1, 0.15) is 8.29 Å². The predicted molar refractivity (Wildman–Crippen MR) is 115 cm³/mol. The fourth-order valence-corrected chi connectivity index (χ4v) is 2.16. The topological polar surface area (TPSA) is 229 Å². The fraction of sp³-hybridized carbons (Fsp3) is 0.556. The molecule has 190 valence electrons. The summed E-state index contributed by atoms with van der Waals surface area (Å²) in [5, 5.41) is 11.0. The largest absolute Gasteiger partial charge is 0.358 e. The van der Waals surface area contributed by atoms with Gasteiger partial charge in [0.2, 0.25) is 41.8 Å². The molecule has 0 aromatic rings. The zero-order valence-corrected chi connectivity index (χ0v) is 18.9. The number of amides is 7. The summed E-state index contributed by atoms with van der Waals surface area (Å²) in [6.07, 6.45) is -1.23. The number of Topliss-reactive ketones (excluding diaryl/α,β-unsaturated/α-hetero) is 1. The third-order valence-corrected chi connectivity index (χ3v) is 3.92. The second-order valence-corrected chi connectivity index (χ2v) is 6.69. The van der Waals surface area contributed by atoms with Crippen molar-refractivity contribution >= 4 is 47.6 Å². The molecule has 7 amide bonds. The van der Waals surface area contributed by atoms with Crippen LogP contribution in [-0.2, 0) is 38.4 Å². The van der Waals surface area contributed by atoms with Crippen LogP contribution in [0.3, 0.4) is 0 Å². The number of nitrogens with two attached hydrogens (primary N) is 1. The van der Waals surface area contributed by atoms with Crippen LogP contribution in [0.25, 0.3) is 0 Å². The molecule has 16 nitrogen and oxygen atoms in total. The molecule has 7 N–H and O–H groups in total. The number of nitrogens with one attached hydrogen (secondary N) is 5. The first kappa shape index (κ1) is 28.0. The Morgan fingerprint density at radius 1 is 0.794 bits per heavy atom. The van der Waals surface area contributed by atoms with Crippen molar-refractivity contribution in [1.29, 1.82) is 0 Å². The first-order chi connectivity index (χ1) is 16.4. The summed E-state index contributed by atoms with van der Waals surface area (Å²) in [5.74, 6) is -4.71. The first-order valence-electron chi connectivity index (χ1n) is 10.4. The van der Waals surface area contributed by atoms with Gasteiger partial charge in [-0.3, -0.25) is 38.4 Å². The van der Waals surface area contributed by atoms with Crippen LogP contribution in [0, 0.1) is 0 Å². The summed E-state index contributed by atoms with van der Waals surface area (Å²) in [5.41, 5.74) is 5.18. The minimum absolute atomic E-state index is 0.261. The Kier molecular flexibility index (Phi) is 13.6. The van der Waals surface area contributed by atoms with Gasteiger partial charge < -0.3 is 42.1 Å². The van der Waals surface area contributed by atoms with Crippen LogP contribution in [0.15, 0.2) is 0 Å². The number of rotatable bonds is 15. The Labute approximate surface area is 196 Å². The van der Waals surface area contributed by atoms with Crippen LogP contribution < -0.4 is 32.3 Å². The van der Waals surface area contributed by atoms with Gasteiger partial charge >= 0.3 is 0 Å². The number of carbonyl (C=O) groups is 8. The van der Waals surface area contributed by atoms with E-state index in [9.17, 15) is 38.4 Å². The average molecular weight is 487 g/mol. The second kappa shape index (κ2) is 16.5. The summed E-state index contributed by atoms with van der Waals surface area (Å²) >= 11 is 0. The highest BCUT2D eigenvalue weighted by molar-refractivity contribution is 5.93. The van der Waals surface area contributed by atoms with Gasteiger partial charge in [0, 0.05) is 7.05 Å². The molecule has 0 saturated carbocycles. The zero-order chi connectivity index (χ0) is 27.0. The molecule has 34 heavy (non-hydrogen) atoms. The molecule has 0 unspecified atom stereocenters. The Bertz CT molecular complexity index is 837. The van der Waals surface area contributed by atoms with Crippen molar-refractivity contribution in [3.8, 4) is 0 Å². The van der Waals surface area contributed by atoms with Crippen molar-refractivity contribution in [2.75, 3.05) is 59.5 Å². The molecule has 0 aliphatic carbocycles. The smallest absolute Gasteiger partial charge is 0.243 e. The third kappa shape index (κ3) is 13.4. The van der Waals surface area contributed by atoms with Crippen LogP contribution in [0.5, 0.6) is 0 Å². The van der Waals surface area contributed by atoms with Gasteiger partial charge in [0.05, 0.1) is 32.8 Å². The quantitative estimate of drug-likeness (QED) is 0.0952. The summed E-state index contributed by atoms with van der Waals surface area (Å²) in [6.45, 7) is -2.78. The molecule has 0 heterocycles. The molecular formula is C18H30N8O8. The van der Waals surface area contributed by atoms with E-state index < -0.39 is 81.2 Å². The highest BCUT2D eigenvalue weighted by Crippen LogP contribution is 1.92. The Morgan fingerprint density at radius 2 is 1.32 bits per heavy atom. The van der Waals surface area contributed by atoms with Gasteiger partial charge in [0.15, 0.2) is 0 Å². The SMILES string of the molecule is [2H]C(=O)NCC(=O)N(CC(=O)NC)CC(=O)NCC(=O)N(CNC(=O)CN)CC(=O)NCC(C)=O. The maximum absolute atomic E-state index is 12.5. The number of ketones is 1. The molecule has 0 atom stereocenters. The van der Waals surface area contributed by atoms with Gasteiger partial charge in [0.1, 0.15) is 26.8 Å². The van der Waals surface area contributed by atoms with Crippen LogP contribution in [0.2, 0.25) is 0 Å². The van der Waals surface area contributed by atoms with E-state index in [0.717, 1.165) is 9.80 Å². The van der Waals surface area contributed by atoms with E-state index in [1.165, 1.54) is 14.0 Å². The molecule has 0 radical (unpaired) electrons. The van der Waals surface area contributed by atoms with E-state index >= 15 is 0 Å². The molecule has 0 saturated heterocycles. The number of likely N-dealkylation sites (N-methyl/N-ethyl adjacent to an activating group) is 1. The lowest BCUT2D eigenvalue weighted by molar-refractivity contribution is -0.140. The van der Waals surface area contributed by atoms with Gasteiger partial charge in [0.25, 0.3) is 0 Å². The molecule has 0 rings (SSSR count). The summed E-state index contributed by atoms with van der Waals surface area (Å²) in [7, 11) is 1.31. The van der Waals surface area contributed by atoms with Crippen LogP contribution in [-0.4, -0.2) is 117 Å². The van der Waals surface area contributed by atoms with Gasteiger partial charge in [-0.25, -0.2) is 0 Å². The fourth-order valence-electron chi connectivity index (χ4n) is 2.16. The summed E-state index contributed by atoms with van der Waals surface area (Å²) < 4.78 is 6.75. The molecule has 0 aliphatic rings. The van der Waals surface area contributed by atoms with Crippen molar-refractivity contribution in [2.24, 2.45) is 5.73 Å². The minimum atomic E-state index is -1.23. The normalized spacial score (nSPS) is 10.1.